The van der Waals surface area contributed by atoms with E-state index in [9.17, 15) is 14.9 Å². The number of hydrogen-bond donors (Lipinski definition) is 1. The Labute approximate surface area is 210 Å². The van der Waals surface area contributed by atoms with Crippen LogP contribution < -0.4 is 10.5 Å². The summed E-state index contributed by atoms with van der Waals surface area (Å²) in [4.78, 5) is 36.4. The van der Waals surface area contributed by atoms with Gasteiger partial charge in [-0.2, -0.15) is 0 Å². The molecule has 5 rings (SSSR count). The lowest BCUT2D eigenvalue weighted by Gasteiger charge is -2.31. The molecule has 0 bridgehead atoms. The summed E-state index contributed by atoms with van der Waals surface area (Å²) < 4.78 is 31.4. The quantitative estimate of drug-likeness (QED) is 0.264. The van der Waals surface area contributed by atoms with E-state index in [0.29, 0.717) is 11.2 Å². The van der Waals surface area contributed by atoms with E-state index >= 15 is 0 Å². The summed E-state index contributed by atoms with van der Waals surface area (Å²) in [5.41, 5.74) is 6.47. The zero-order chi connectivity index (χ0) is 26.3. The minimum Gasteiger partial charge on any atom is -0.478 e. The van der Waals surface area contributed by atoms with Crippen molar-refractivity contribution in [1.82, 2.24) is 19.5 Å². The molecule has 5 atom stereocenters. The van der Waals surface area contributed by atoms with Crippen LogP contribution in [0.4, 0.5) is 11.5 Å². The van der Waals surface area contributed by atoms with Gasteiger partial charge in [-0.3, -0.25) is 14.9 Å². The predicted octanol–water partition coefficient (Wildman–Crippen LogP) is 2.13. The number of nitro groups is 1. The molecule has 2 N–H and O–H groups in total. The number of aromatic nitrogens is 4. The Morgan fingerprint density at radius 3 is 2.81 bits per heavy atom. The fourth-order valence-electron chi connectivity index (χ4n) is 4.68. The molecule has 2 saturated heterocycles. The molecule has 14 nitrogen and oxygen atoms in total. The first kappa shape index (κ1) is 24.8. The van der Waals surface area contributed by atoms with Gasteiger partial charge in [0.2, 0.25) is 0 Å². The van der Waals surface area contributed by atoms with Crippen LogP contribution in [-0.4, -0.2) is 67.4 Å². The number of carbonyl (C=O) groups is 1. The zero-order valence-electron chi connectivity index (χ0n) is 20.3. The zero-order valence-corrected chi connectivity index (χ0v) is 20.3. The number of hydrogen-bond acceptors (Lipinski definition) is 12. The third-order valence-electron chi connectivity index (χ3n) is 6.16. The van der Waals surface area contributed by atoms with Gasteiger partial charge >= 0.3 is 11.7 Å². The molecule has 0 unspecified atom stereocenters. The minimum absolute atomic E-state index is 0.0250. The van der Waals surface area contributed by atoms with Gasteiger partial charge in [0.25, 0.3) is 0 Å². The van der Waals surface area contributed by atoms with E-state index in [1.165, 1.54) is 24.8 Å². The number of nitrogens with two attached hydrogens (primary N) is 1. The Morgan fingerprint density at radius 1 is 1.27 bits per heavy atom. The largest absolute Gasteiger partial charge is 0.478 e. The average Bonchev–Trinajstić information content (AvgIpc) is 3.50. The van der Waals surface area contributed by atoms with Gasteiger partial charge in [0.15, 0.2) is 41.5 Å². The van der Waals surface area contributed by atoms with Gasteiger partial charge in [-0.25, -0.2) is 15.0 Å². The van der Waals surface area contributed by atoms with Crippen molar-refractivity contribution in [3.8, 4) is 5.75 Å². The molecule has 2 aliphatic rings. The summed E-state index contributed by atoms with van der Waals surface area (Å²) in [5.74, 6) is -1.28. The van der Waals surface area contributed by atoms with Gasteiger partial charge in [0, 0.05) is 6.07 Å². The monoisotopic (exact) mass is 514 g/mol. The van der Waals surface area contributed by atoms with E-state index < -0.39 is 47.3 Å². The third kappa shape index (κ3) is 4.65. The molecule has 37 heavy (non-hydrogen) atoms. The number of esters is 1. The van der Waals surface area contributed by atoms with Crippen LogP contribution in [-0.2, 0) is 23.7 Å². The maximum atomic E-state index is 12.7. The number of nitro benzene ring substituents is 1. The van der Waals surface area contributed by atoms with Crippen molar-refractivity contribution in [2.75, 3.05) is 12.3 Å². The summed E-state index contributed by atoms with van der Waals surface area (Å²) in [7, 11) is 0. The lowest BCUT2D eigenvalue weighted by molar-refractivity contribution is -0.386. The maximum Gasteiger partial charge on any atom is 0.310 e. The Balaban J connectivity index is 1.58. The highest BCUT2D eigenvalue weighted by molar-refractivity contribution is 5.81. The van der Waals surface area contributed by atoms with Crippen molar-refractivity contribution in [1.29, 1.82) is 0 Å². The number of carbonyl (C=O) groups excluding carboxylic acids is 1. The average molecular weight is 514 g/mol. The van der Waals surface area contributed by atoms with Crippen molar-refractivity contribution in [3.63, 3.8) is 0 Å². The summed E-state index contributed by atoms with van der Waals surface area (Å²) >= 11 is 0. The number of nitrogen functional groups attached to an aromatic ring is 1. The van der Waals surface area contributed by atoms with E-state index in [-0.39, 0.29) is 30.3 Å². The summed E-state index contributed by atoms with van der Waals surface area (Å²) in [5, 5.41) is 11.7. The summed E-state index contributed by atoms with van der Waals surface area (Å²) in [6.07, 6.45) is -0.783. The number of benzene rings is 1. The molecule has 14 heteroatoms. The third-order valence-corrected chi connectivity index (χ3v) is 6.16. The molecule has 1 aromatic carbocycles. The second-order valence-electron chi connectivity index (χ2n) is 9.04. The first-order valence-corrected chi connectivity index (χ1v) is 11.7. The van der Waals surface area contributed by atoms with Gasteiger partial charge in [-0.15, -0.1) is 0 Å². The lowest BCUT2D eigenvalue weighted by Crippen LogP contribution is -2.43. The Bertz CT molecular complexity index is 1330. The summed E-state index contributed by atoms with van der Waals surface area (Å²) in [6.45, 7) is 5.34. The van der Waals surface area contributed by atoms with Crippen LogP contribution in [0, 0.1) is 10.1 Å². The SMILES string of the molecule is CCOC(=O)C[C@@H]([C@H]1O[C@@H]2OC(C)(C)O[C@@H]2[C@H]1Oc1ccccc1[N+](=O)[O-])n1cnc2c(N)ncnc21. The Morgan fingerprint density at radius 2 is 2.05 bits per heavy atom. The molecule has 0 radical (unpaired) electrons. The van der Waals surface area contributed by atoms with Gasteiger partial charge < -0.3 is 34.0 Å². The highest BCUT2D eigenvalue weighted by Gasteiger charge is 2.58. The number of nitrogens with zero attached hydrogens (tertiary/aromatic N) is 5. The fourth-order valence-corrected chi connectivity index (χ4v) is 4.68. The molecule has 196 valence electrons. The number of ether oxygens (including phenoxy) is 5. The minimum atomic E-state index is -0.982. The van der Waals surface area contributed by atoms with Crippen molar-refractivity contribution in [2.45, 2.75) is 63.6 Å². The Kier molecular flexibility index (Phi) is 6.39. The van der Waals surface area contributed by atoms with Crippen LogP contribution >= 0.6 is 0 Å². The van der Waals surface area contributed by atoms with E-state index in [1.807, 2.05) is 0 Å². The molecular weight excluding hydrogens is 488 g/mol. The van der Waals surface area contributed by atoms with Crippen LogP contribution in [0.3, 0.4) is 0 Å². The predicted molar refractivity (Wildman–Crippen MR) is 126 cm³/mol. The fraction of sp³-hybridized carbons (Fsp3) is 0.478. The Hall–Kier alpha value is -3.88. The van der Waals surface area contributed by atoms with Crippen LogP contribution in [0.5, 0.6) is 5.75 Å². The second-order valence-corrected chi connectivity index (χ2v) is 9.04. The lowest BCUT2D eigenvalue weighted by atomic mass is 10.00. The van der Waals surface area contributed by atoms with Gasteiger partial charge in [0.1, 0.15) is 17.9 Å². The first-order valence-electron chi connectivity index (χ1n) is 11.7. The van der Waals surface area contributed by atoms with E-state index in [4.69, 9.17) is 29.4 Å². The number of rotatable bonds is 8. The molecular formula is C23H26N6O8. The first-order chi connectivity index (χ1) is 17.7. The standard InChI is InChI=1S/C23H26N6O8/c1-4-33-15(30)9-13(28-11-27-16-20(24)25-10-26-21(16)28)17-18(19-22(35-17)37-23(2,3)36-19)34-14-8-6-5-7-12(14)29(31)32/h5-8,10-11,13,17-19,22H,4,9H2,1-3H3,(H2,24,25,26)/t13-,17+,18-,19+,22+/m0/s1. The van der Waals surface area contributed by atoms with Crippen LogP contribution in [0.2, 0.25) is 0 Å². The van der Waals surface area contributed by atoms with E-state index in [1.54, 1.807) is 37.5 Å². The molecule has 0 amide bonds. The number of fused-ring (bicyclic) bond motifs is 2. The van der Waals surface area contributed by atoms with Crippen LogP contribution in [0.25, 0.3) is 11.2 Å². The second kappa shape index (κ2) is 9.53. The molecule has 2 aromatic heterocycles. The molecule has 0 saturated carbocycles. The van der Waals surface area contributed by atoms with Crippen LogP contribution in [0.15, 0.2) is 36.9 Å². The van der Waals surface area contributed by atoms with Gasteiger partial charge in [-0.1, -0.05) is 12.1 Å². The molecule has 2 aliphatic heterocycles. The molecule has 4 heterocycles. The molecule has 0 aliphatic carbocycles. The molecule has 0 spiro atoms. The van der Waals surface area contributed by atoms with Crippen molar-refractivity contribution >= 4 is 28.6 Å². The summed E-state index contributed by atoms with van der Waals surface area (Å²) in [6, 6.07) is 5.23. The van der Waals surface area contributed by atoms with Crippen molar-refractivity contribution in [2.24, 2.45) is 0 Å². The smallest absolute Gasteiger partial charge is 0.310 e. The van der Waals surface area contributed by atoms with Crippen molar-refractivity contribution in [3.05, 3.63) is 47.0 Å². The maximum absolute atomic E-state index is 12.7. The number of anilines is 1. The van der Waals surface area contributed by atoms with Crippen molar-refractivity contribution < 1.29 is 33.4 Å². The van der Waals surface area contributed by atoms with Gasteiger partial charge in [-0.05, 0) is 26.8 Å². The highest BCUT2D eigenvalue weighted by Crippen LogP contribution is 2.44. The van der Waals surface area contributed by atoms with E-state index in [2.05, 4.69) is 15.0 Å². The van der Waals surface area contributed by atoms with Gasteiger partial charge in [0.05, 0.1) is 30.3 Å². The van der Waals surface area contributed by atoms with Crippen LogP contribution in [0.1, 0.15) is 33.2 Å². The number of imidazole rings is 1. The topological polar surface area (TPSA) is 176 Å². The highest BCUT2D eigenvalue weighted by atomic mass is 16.8. The number of para-hydroxylation sites is 2. The van der Waals surface area contributed by atoms with E-state index in [0.717, 1.165) is 0 Å². The normalized spacial score (nSPS) is 25.1. The molecule has 2 fully saturated rings. The molecule has 3 aromatic rings.